The van der Waals surface area contributed by atoms with E-state index in [0.29, 0.717) is 37.6 Å². The third kappa shape index (κ3) is 7.69. The fraction of sp³-hybridized carbons (Fsp3) is 0.333. The van der Waals surface area contributed by atoms with Crippen molar-refractivity contribution in [3.63, 3.8) is 0 Å². The number of rotatable bonds is 8. The van der Waals surface area contributed by atoms with Gasteiger partial charge in [0.05, 0.1) is 4.88 Å². The Balaban J connectivity index is 0.00000338. The first kappa shape index (κ1) is 22.4. The van der Waals surface area contributed by atoms with Crippen molar-refractivity contribution in [2.75, 3.05) is 26.7 Å². The van der Waals surface area contributed by atoms with Gasteiger partial charge in [-0.3, -0.25) is 9.79 Å². The molecule has 0 bridgehead atoms. The number of amides is 1. The van der Waals surface area contributed by atoms with Crippen LogP contribution in [-0.4, -0.2) is 38.5 Å². The number of nitrogens with one attached hydrogen (secondary N) is 3. The molecule has 0 fully saturated rings. The zero-order valence-corrected chi connectivity index (χ0v) is 17.8. The standard InChI is InChI=1S/C18H23FN4OS.HI/c1-20-18(23-12-9-14-6-2-3-7-15(14)19)22-11-5-10-21-17(24)16-8-4-13-25-16;/h2-4,6-8,13H,5,9-12H2,1H3,(H,21,24)(H2,20,22,23);1H. The lowest BCUT2D eigenvalue weighted by atomic mass is 10.1. The van der Waals surface area contributed by atoms with Crippen LogP contribution >= 0.6 is 35.3 Å². The summed E-state index contributed by atoms with van der Waals surface area (Å²) in [4.78, 5) is 16.6. The van der Waals surface area contributed by atoms with Gasteiger partial charge in [0.1, 0.15) is 5.82 Å². The van der Waals surface area contributed by atoms with Gasteiger partial charge < -0.3 is 16.0 Å². The van der Waals surface area contributed by atoms with E-state index in [1.807, 2.05) is 17.5 Å². The van der Waals surface area contributed by atoms with Crippen LogP contribution in [0.3, 0.4) is 0 Å². The summed E-state index contributed by atoms with van der Waals surface area (Å²) >= 11 is 1.43. The summed E-state index contributed by atoms with van der Waals surface area (Å²) in [6, 6.07) is 10.4. The van der Waals surface area contributed by atoms with Gasteiger partial charge in [-0.05, 0) is 35.9 Å². The van der Waals surface area contributed by atoms with Gasteiger partial charge in [0, 0.05) is 26.7 Å². The number of halogens is 2. The predicted octanol–water partition coefficient (Wildman–Crippen LogP) is 3.03. The molecule has 0 atom stereocenters. The third-order valence-electron chi connectivity index (χ3n) is 3.54. The molecular weight excluding hydrogens is 466 g/mol. The maximum atomic E-state index is 13.5. The minimum Gasteiger partial charge on any atom is -0.356 e. The van der Waals surface area contributed by atoms with Gasteiger partial charge in [-0.2, -0.15) is 0 Å². The van der Waals surface area contributed by atoms with Gasteiger partial charge in [0.2, 0.25) is 0 Å². The van der Waals surface area contributed by atoms with Gasteiger partial charge in [-0.15, -0.1) is 35.3 Å². The lowest BCUT2D eigenvalue weighted by Gasteiger charge is -2.12. The number of guanidine groups is 1. The van der Waals surface area contributed by atoms with Crippen LogP contribution in [0.2, 0.25) is 0 Å². The third-order valence-corrected chi connectivity index (χ3v) is 4.41. The number of carbonyl (C=O) groups excluding carboxylic acids is 1. The summed E-state index contributed by atoms with van der Waals surface area (Å²) in [6.45, 7) is 1.87. The number of thiophene rings is 1. The lowest BCUT2D eigenvalue weighted by molar-refractivity contribution is 0.0957. The molecule has 0 spiro atoms. The molecule has 1 aromatic carbocycles. The minimum atomic E-state index is -0.186. The second-order valence-electron chi connectivity index (χ2n) is 5.35. The molecule has 5 nitrogen and oxygen atoms in total. The van der Waals surface area contributed by atoms with E-state index in [2.05, 4.69) is 20.9 Å². The van der Waals surface area contributed by atoms with E-state index in [4.69, 9.17) is 0 Å². The Hall–Kier alpha value is -1.68. The van der Waals surface area contributed by atoms with Crippen LogP contribution in [0.5, 0.6) is 0 Å². The molecule has 0 unspecified atom stereocenters. The average molecular weight is 490 g/mol. The highest BCUT2D eigenvalue weighted by Gasteiger charge is 2.05. The highest BCUT2D eigenvalue weighted by atomic mass is 127. The Morgan fingerprint density at radius 2 is 1.81 bits per heavy atom. The molecule has 1 amide bonds. The lowest BCUT2D eigenvalue weighted by Crippen LogP contribution is -2.39. The molecule has 2 rings (SSSR count). The highest BCUT2D eigenvalue weighted by Crippen LogP contribution is 2.07. The molecule has 142 valence electrons. The zero-order chi connectivity index (χ0) is 17.9. The van der Waals surface area contributed by atoms with Crippen molar-refractivity contribution in [3.8, 4) is 0 Å². The quantitative estimate of drug-likeness (QED) is 0.231. The highest BCUT2D eigenvalue weighted by molar-refractivity contribution is 14.0. The maximum Gasteiger partial charge on any atom is 0.261 e. The van der Waals surface area contributed by atoms with Gasteiger partial charge in [0.15, 0.2) is 5.96 Å². The van der Waals surface area contributed by atoms with Crippen LogP contribution in [0.25, 0.3) is 0 Å². The first-order chi connectivity index (χ1) is 12.2. The number of nitrogens with zero attached hydrogens (tertiary/aromatic N) is 1. The van der Waals surface area contributed by atoms with Gasteiger partial charge in [-0.25, -0.2) is 4.39 Å². The van der Waals surface area contributed by atoms with Crippen molar-refractivity contribution in [2.45, 2.75) is 12.8 Å². The molecule has 0 aliphatic rings. The Morgan fingerprint density at radius 3 is 2.50 bits per heavy atom. The van der Waals surface area contributed by atoms with E-state index in [-0.39, 0.29) is 35.7 Å². The molecule has 26 heavy (non-hydrogen) atoms. The Morgan fingerprint density at radius 1 is 1.08 bits per heavy atom. The molecule has 1 aromatic heterocycles. The van der Waals surface area contributed by atoms with Gasteiger partial charge in [-0.1, -0.05) is 24.3 Å². The number of hydrogen-bond donors (Lipinski definition) is 3. The van der Waals surface area contributed by atoms with Crippen LogP contribution in [0.1, 0.15) is 21.7 Å². The molecule has 0 saturated carbocycles. The monoisotopic (exact) mass is 490 g/mol. The summed E-state index contributed by atoms with van der Waals surface area (Å²) in [5.41, 5.74) is 0.682. The number of carbonyl (C=O) groups is 1. The Labute approximate surface area is 174 Å². The fourth-order valence-electron chi connectivity index (χ4n) is 2.23. The molecule has 0 aliphatic heterocycles. The first-order valence-corrected chi connectivity index (χ1v) is 9.08. The molecule has 0 radical (unpaired) electrons. The van der Waals surface area contributed by atoms with Crippen molar-refractivity contribution in [3.05, 3.63) is 58.0 Å². The number of hydrogen-bond acceptors (Lipinski definition) is 3. The largest absolute Gasteiger partial charge is 0.356 e. The van der Waals surface area contributed by atoms with E-state index < -0.39 is 0 Å². The van der Waals surface area contributed by atoms with E-state index in [0.717, 1.165) is 11.3 Å². The molecular formula is C18H24FIN4OS. The Kier molecular flexibility index (Phi) is 10.9. The Bertz CT molecular complexity index is 694. The summed E-state index contributed by atoms with van der Waals surface area (Å²) in [5.74, 6) is 0.442. The van der Waals surface area contributed by atoms with Crippen molar-refractivity contribution >= 4 is 47.2 Å². The summed E-state index contributed by atoms with van der Waals surface area (Å²) in [6.07, 6.45) is 1.37. The SMILES string of the molecule is CN=C(NCCCNC(=O)c1cccs1)NCCc1ccccc1F.I. The van der Waals surface area contributed by atoms with Crippen LogP contribution in [0.15, 0.2) is 46.8 Å². The normalized spacial score (nSPS) is 10.8. The van der Waals surface area contributed by atoms with Crippen LogP contribution in [0.4, 0.5) is 4.39 Å². The predicted molar refractivity (Wildman–Crippen MR) is 116 cm³/mol. The summed E-state index contributed by atoms with van der Waals surface area (Å²) in [5, 5.41) is 11.1. The van der Waals surface area contributed by atoms with Crippen molar-refractivity contribution in [2.24, 2.45) is 4.99 Å². The van der Waals surface area contributed by atoms with E-state index in [1.165, 1.54) is 17.4 Å². The second kappa shape index (κ2) is 12.6. The van der Waals surface area contributed by atoms with Crippen molar-refractivity contribution in [1.29, 1.82) is 0 Å². The van der Waals surface area contributed by atoms with Gasteiger partial charge >= 0.3 is 0 Å². The van der Waals surface area contributed by atoms with E-state index >= 15 is 0 Å². The zero-order valence-electron chi connectivity index (χ0n) is 14.6. The van der Waals surface area contributed by atoms with Crippen LogP contribution < -0.4 is 16.0 Å². The average Bonchev–Trinajstić information content (AvgIpc) is 3.16. The molecule has 1 heterocycles. The molecule has 2 aromatic rings. The van der Waals surface area contributed by atoms with Crippen LogP contribution in [-0.2, 0) is 6.42 Å². The smallest absolute Gasteiger partial charge is 0.261 e. The second-order valence-corrected chi connectivity index (χ2v) is 6.30. The first-order valence-electron chi connectivity index (χ1n) is 8.20. The molecule has 0 aliphatic carbocycles. The van der Waals surface area contributed by atoms with E-state index in [1.54, 1.807) is 25.2 Å². The van der Waals surface area contributed by atoms with Crippen LogP contribution in [0, 0.1) is 5.82 Å². The molecule has 3 N–H and O–H groups in total. The maximum absolute atomic E-state index is 13.5. The fourth-order valence-corrected chi connectivity index (χ4v) is 2.87. The molecule has 8 heteroatoms. The number of benzene rings is 1. The number of aliphatic imine (C=N–C) groups is 1. The van der Waals surface area contributed by atoms with Crippen molar-refractivity contribution in [1.82, 2.24) is 16.0 Å². The minimum absolute atomic E-state index is 0. The van der Waals surface area contributed by atoms with Gasteiger partial charge in [0.25, 0.3) is 5.91 Å². The summed E-state index contributed by atoms with van der Waals surface area (Å²) < 4.78 is 13.5. The molecule has 0 saturated heterocycles. The summed E-state index contributed by atoms with van der Waals surface area (Å²) in [7, 11) is 1.69. The topological polar surface area (TPSA) is 65.5 Å². The van der Waals surface area contributed by atoms with E-state index in [9.17, 15) is 9.18 Å². The van der Waals surface area contributed by atoms with Crippen molar-refractivity contribution < 1.29 is 9.18 Å².